The van der Waals surface area contributed by atoms with Crippen LogP contribution in [0.4, 0.5) is 0 Å². The fourth-order valence-corrected chi connectivity index (χ4v) is 4.34. The molecule has 0 bridgehead atoms. The van der Waals surface area contributed by atoms with Gasteiger partial charge in [0.25, 0.3) is 5.91 Å². The van der Waals surface area contributed by atoms with Crippen molar-refractivity contribution in [1.82, 2.24) is 9.80 Å². The summed E-state index contributed by atoms with van der Waals surface area (Å²) in [5.74, 6) is 2.43. The van der Waals surface area contributed by atoms with Crippen molar-refractivity contribution in [3.05, 3.63) is 47.0 Å². The molecule has 0 aliphatic carbocycles. The van der Waals surface area contributed by atoms with Crippen LogP contribution in [-0.2, 0) is 17.8 Å². The Kier molecular flexibility index (Phi) is 4.84. The molecular formula is C23H24N2O6. The van der Waals surface area contributed by atoms with Crippen molar-refractivity contribution in [1.29, 1.82) is 0 Å². The maximum atomic E-state index is 13.0. The molecule has 1 fully saturated rings. The molecule has 2 amide bonds. The number of amides is 2. The molecule has 31 heavy (non-hydrogen) atoms. The van der Waals surface area contributed by atoms with E-state index in [2.05, 4.69) is 0 Å². The number of methoxy groups -OCH3 is 2. The number of carbonyl (C=O) groups excluding carboxylic acids is 2. The van der Waals surface area contributed by atoms with Gasteiger partial charge in [0.15, 0.2) is 23.0 Å². The van der Waals surface area contributed by atoms with Gasteiger partial charge >= 0.3 is 0 Å². The van der Waals surface area contributed by atoms with E-state index < -0.39 is 0 Å². The van der Waals surface area contributed by atoms with Gasteiger partial charge in [0.1, 0.15) is 0 Å². The van der Waals surface area contributed by atoms with E-state index in [9.17, 15) is 9.59 Å². The molecule has 3 aliphatic rings. The molecule has 3 heterocycles. The van der Waals surface area contributed by atoms with Gasteiger partial charge in [-0.15, -0.1) is 0 Å². The molecular weight excluding hydrogens is 400 g/mol. The molecule has 8 heteroatoms. The van der Waals surface area contributed by atoms with Gasteiger partial charge in [0, 0.05) is 31.7 Å². The zero-order valence-corrected chi connectivity index (χ0v) is 17.6. The first-order chi connectivity index (χ1) is 15.1. The summed E-state index contributed by atoms with van der Waals surface area (Å²) >= 11 is 0. The van der Waals surface area contributed by atoms with Crippen molar-refractivity contribution in [2.75, 3.05) is 40.6 Å². The third-order valence-corrected chi connectivity index (χ3v) is 6.17. The number of nitrogens with zero attached hydrogens (tertiary/aromatic N) is 2. The van der Waals surface area contributed by atoms with E-state index >= 15 is 0 Å². The monoisotopic (exact) mass is 424 g/mol. The summed E-state index contributed by atoms with van der Waals surface area (Å²) in [6, 6.07) is 9.11. The van der Waals surface area contributed by atoms with E-state index in [4.69, 9.17) is 18.9 Å². The van der Waals surface area contributed by atoms with Gasteiger partial charge in [-0.1, -0.05) is 0 Å². The van der Waals surface area contributed by atoms with Crippen LogP contribution in [0.2, 0.25) is 0 Å². The lowest BCUT2D eigenvalue weighted by Gasteiger charge is -2.41. The van der Waals surface area contributed by atoms with E-state index in [-0.39, 0.29) is 24.5 Å². The van der Waals surface area contributed by atoms with Crippen LogP contribution < -0.4 is 18.9 Å². The van der Waals surface area contributed by atoms with Gasteiger partial charge in [-0.05, 0) is 47.9 Å². The fourth-order valence-electron chi connectivity index (χ4n) is 4.34. The van der Waals surface area contributed by atoms with Crippen LogP contribution in [0.1, 0.15) is 21.5 Å². The van der Waals surface area contributed by atoms with Crippen molar-refractivity contribution in [3.63, 3.8) is 0 Å². The molecule has 3 aliphatic heterocycles. The Morgan fingerprint density at radius 1 is 0.935 bits per heavy atom. The first kappa shape index (κ1) is 19.5. The zero-order valence-electron chi connectivity index (χ0n) is 17.6. The predicted octanol–water partition coefficient (Wildman–Crippen LogP) is 2.09. The number of benzene rings is 2. The molecule has 0 aromatic heterocycles. The summed E-state index contributed by atoms with van der Waals surface area (Å²) < 4.78 is 21.4. The lowest BCUT2D eigenvalue weighted by Crippen LogP contribution is -2.56. The molecule has 162 valence electrons. The summed E-state index contributed by atoms with van der Waals surface area (Å²) in [4.78, 5) is 29.3. The molecule has 0 atom stereocenters. The predicted molar refractivity (Wildman–Crippen MR) is 111 cm³/mol. The summed E-state index contributed by atoms with van der Waals surface area (Å²) in [6.07, 6.45) is 0.772. The molecule has 0 saturated carbocycles. The third-order valence-electron chi connectivity index (χ3n) is 6.17. The second kappa shape index (κ2) is 7.68. The standard InChI is InChI=1S/C23H24N2O6/c1-28-19-7-14-5-6-24(10-16(14)9-20(19)29-2)23(27)17-11-25(12-17)22(26)15-3-4-18-21(8-15)31-13-30-18/h3-4,7-9,17H,5-6,10-13H2,1-2H3. The van der Waals surface area contributed by atoms with Crippen LogP contribution in [0.5, 0.6) is 23.0 Å². The normalized spacial score (nSPS) is 17.1. The van der Waals surface area contributed by atoms with Gasteiger partial charge in [-0.3, -0.25) is 9.59 Å². The minimum atomic E-state index is -0.167. The van der Waals surface area contributed by atoms with Crippen LogP contribution in [0, 0.1) is 5.92 Å². The Labute approximate surface area is 180 Å². The molecule has 8 nitrogen and oxygen atoms in total. The molecule has 2 aromatic carbocycles. The van der Waals surface area contributed by atoms with Crippen molar-refractivity contribution in [2.45, 2.75) is 13.0 Å². The Balaban J connectivity index is 1.21. The van der Waals surface area contributed by atoms with Crippen molar-refractivity contribution < 1.29 is 28.5 Å². The summed E-state index contributed by atoms with van der Waals surface area (Å²) in [5, 5.41) is 0. The van der Waals surface area contributed by atoms with E-state index in [1.54, 1.807) is 37.3 Å². The van der Waals surface area contributed by atoms with Crippen LogP contribution in [0.3, 0.4) is 0 Å². The fraction of sp³-hybridized carbons (Fsp3) is 0.391. The molecule has 0 radical (unpaired) electrons. The van der Waals surface area contributed by atoms with Gasteiger partial charge < -0.3 is 28.7 Å². The van der Waals surface area contributed by atoms with Gasteiger partial charge in [0.05, 0.1) is 20.1 Å². The topological polar surface area (TPSA) is 77.5 Å². The number of ether oxygens (including phenoxy) is 4. The summed E-state index contributed by atoms with van der Waals surface area (Å²) in [7, 11) is 3.23. The highest BCUT2D eigenvalue weighted by atomic mass is 16.7. The zero-order chi connectivity index (χ0) is 21.5. The van der Waals surface area contributed by atoms with E-state index in [1.807, 2.05) is 17.0 Å². The average molecular weight is 424 g/mol. The average Bonchev–Trinajstić information content (AvgIpc) is 3.24. The highest BCUT2D eigenvalue weighted by Crippen LogP contribution is 2.35. The molecule has 0 spiro atoms. The van der Waals surface area contributed by atoms with Crippen LogP contribution in [0.15, 0.2) is 30.3 Å². The first-order valence-electron chi connectivity index (χ1n) is 10.3. The number of likely N-dealkylation sites (tertiary alicyclic amines) is 1. The first-order valence-corrected chi connectivity index (χ1v) is 10.3. The highest BCUT2D eigenvalue weighted by molar-refractivity contribution is 5.96. The molecule has 2 aromatic rings. The summed E-state index contributed by atoms with van der Waals surface area (Å²) in [5.41, 5.74) is 2.79. The number of rotatable bonds is 4. The minimum absolute atomic E-state index is 0.0928. The minimum Gasteiger partial charge on any atom is -0.493 e. The SMILES string of the molecule is COc1cc2c(cc1OC)CN(C(=O)C1CN(C(=O)c3ccc4c(c3)OCO4)C1)CC2. The van der Waals surface area contributed by atoms with E-state index in [1.165, 1.54) is 5.56 Å². The third kappa shape index (κ3) is 3.41. The lowest BCUT2D eigenvalue weighted by atomic mass is 9.94. The molecule has 0 N–H and O–H groups in total. The summed E-state index contributed by atoms with van der Waals surface area (Å²) in [6.45, 7) is 2.24. The van der Waals surface area contributed by atoms with E-state index in [0.717, 1.165) is 12.0 Å². The van der Waals surface area contributed by atoms with Gasteiger partial charge in [-0.25, -0.2) is 0 Å². The number of fused-ring (bicyclic) bond motifs is 2. The van der Waals surface area contributed by atoms with Crippen LogP contribution in [-0.4, -0.2) is 62.3 Å². The Hall–Kier alpha value is -3.42. The van der Waals surface area contributed by atoms with Crippen molar-refractivity contribution >= 4 is 11.8 Å². The quantitative estimate of drug-likeness (QED) is 0.748. The second-order valence-electron chi connectivity index (χ2n) is 7.96. The molecule has 1 saturated heterocycles. The largest absolute Gasteiger partial charge is 0.493 e. The van der Waals surface area contributed by atoms with Crippen LogP contribution in [0.25, 0.3) is 0 Å². The Morgan fingerprint density at radius 3 is 2.39 bits per heavy atom. The van der Waals surface area contributed by atoms with E-state index in [0.29, 0.717) is 54.7 Å². The van der Waals surface area contributed by atoms with Gasteiger partial charge in [-0.2, -0.15) is 0 Å². The number of carbonyl (C=O) groups is 2. The number of hydrogen-bond donors (Lipinski definition) is 0. The Morgan fingerprint density at radius 2 is 1.65 bits per heavy atom. The lowest BCUT2D eigenvalue weighted by molar-refractivity contribution is -0.140. The Bertz CT molecular complexity index is 1050. The molecule has 5 rings (SSSR count). The second-order valence-corrected chi connectivity index (χ2v) is 7.96. The van der Waals surface area contributed by atoms with Crippen LogP contribution >= 0.6 is 0 Å². The highest BCUT2D eigenvalue weighted by Gasteiger charge is 2.39. The van der Waals surface area contributed by atoms with Crippen molar-refractivity contribution in [2.24, 2.45) is 5.92 Å². The smallest absolute Gasteiger partial charge is 0.254 e. The van der Waals surface area contributed by atoms with Gasteiger partial charge in [0.2, 0.25) is 12.7 Å². The maximum absolute atomic E-state index is 13.0. The maximum Gasteiger partial charge on any atom is 0.254 e. The number of hydrogen-bond acceptors (Lipinski definition) is 6. The van der Waals surface area contributed by atoms with Crippen molar-refractivity contribution in [3.8, 4) is 23.0 Å². The molecule has 0 unspecified atom stereocenters.